The lowest BCUT2D eigenvalue weighted by Gasteiger charge is -2.13. The van der Waals surface area contributed by atoms with Gasteiger partial charge in [-0.1, -0.05) is 34.1 Å². The fourth-order valence-electron chi connectivity index (χ4n) is 3.23. The zero-order valence-electron chi connectivity index (χ0n) is 17.9. The van der Waals surface area contributed by atoms with Crippen molar-refractivity contribution in [3.63, 3.8) is 0 Å². The number of carbonyl (C=O) groups is 2. The van der Waals surface area contributed by atoms with E-state index in [0.717, 1.165) is 16.5 Å². The number of benzene rings is 2. The second kappa shape index (κ2) is 11.2. The molecular formula is C24H22BrN3O5. The smallest absolute Gasteiger partial charge is 0.341 e. The van der Waals surface area contributed by atoms with E-state index in [0.29, 0.717) is 35.4 Å². The molecule has 0 fully saturated rings. The molecule has 170 valence electrons. The molecule has 0 aliphatic carbocycles. The number of aromatic amines is 1. The molecule has 3 N–H and O–H groups in total. The molecule has 1 aromatic heterocycles. The Kier molecular flexibility index (Phi) is 8.11. The van der Waals surface area contributed by atoms with Gasteiger partial charge in [0.1, 0.15) is 11.6 Å². The summed E-state index contributed by atoms with van der Waals surface area (Å²) in [7, 11) is 0. The quantitative estimate of drug-likeness (QED) is 0.278. The molecule has 33 heavy (non-hydrogen) atoms. The molecule has 0 aliphatic heterocycles. The predicted octanol–water partition coefficient (Wildman–Crippen LogP) is 4.06. The summed E-state index contributed by atoms with van der Waals surface area (Å²) in [5.74, 6) is -1.06. The van der Waals surface area contributed by atoms with E-state index in [1.54, 1.807) is 19.1 Å². The van der Waals surface area contributed by atoms with E-state index in [2.05, 4.69) is 26.2 Å². The van der Waals surface area contributed by atoms with E-state index < -0.39 is 18.5 Å². The molecule has 8 nitrogen and oxygen atoms in total. The lowest BCUT2D eigenvalue weighted by atomic mass is 10.1. The van der Waals surface area contributed by atoms with Crippen LogP contribution in [0.5, 0.6) is 11.5 Å². The second-order valence-corrected chi connectivity index (χ2v) is 7.83. The van der Waals surface area contributed by atoms with E-state index in [9.17, 15) is 14.9 Å². The van der Waals surface area contributed by atoms with Gasteiger partial charge in [-0.3, -0.25) is 4.79 Å². The number of halogens is 1. The average Bonchev–Trinajstić information content (AvgIpc) is 3.21. The van der Waals surface area contributed by atoms with Gasteiger partial charge in [0.05, 0.1) is 6.61 Å². The normalized spacial score (nSPS) is 11.1. The summed E-state index contributed by atoms with van der Waals surface area (Å²) < 4.78 is 11.3. The van der Waals surface area contributed by atoms with E-state index in [1.807, 2.05) is 36.5 Å². The Hall–Kier alpha value is -3.77. The van der Waals surface area contributed by atoms with Crippen molar-refractivity contribution in [2.75, 3.05) is 19.8 Å². The number of aliphatic carboxylic acids is 1. The van der Waals surface area contributed by atoms with E-state index in [4.69, 9.17) is 14.6 Å². The van der Waals surface area contributed by atoms with E-state index in [1.165, 1.54) is 6.08 Å². The predicted molar refractivity (Wildman–Crippen MR) is 127 cm³/mol. The van der Waals surface area contributed by atoms with Gasteiger partial charge in [-0.05, 0) is 48.7 Å². The molecule has 3 aromatic rings. The van der Waals surface area contributed by atoms with E-state index in [-0.39, 0.29) is 11.3 Å². The zero-order valence-corrected chi connectivity index (χ0v) is 19.4. The molecular weight excluding hydrogens is 490 g/mol. The fraction of sp³-hybridized carbons (Fsp3) is 0.208. The summed E-state index contributed by atoms with van der Waals surface area (Å²) in [6.07, 6.45) is 3.97. The number of carboxylic acids is 1. The van der Waals surface area contributed by atoms with Crippen LogP contribution in [-0.2, 0) is 16.0 Å². The van der Waals surface area contributed by atoms with Gasteiger partial charge in [0, 0.05) is 28.1 Å². The van der Waals surface area contributed by atoms with Crippen LogP contribution in [0.15, 0.2) is 52.6 Å². The van der Waals surface area contributed by atoms with Crippen LogP contribution >= 0.6 is 15.9 Å². The Balaban J connectivity index is 1.73. The van der Waals surface area contributed by atoms with Gasteiger partial charge in [-0.15, -0.1) is 0 Å². The zero-order chi connectivity index (χ0) is 23.8. The lowest BCUT2D eigenvalue weighted by Crippen LogP contribution is -2.26. The van der Waals surface area contributed by atoms with Crippen molar-refractivity contribution in [1.82, 2.24) is 10.3 Å². The summed E-state index contributed by atoms with van der Waals surface area (Å²) in [5, 5.41) is 22.2. The van der Waals surface area contributed by atoms with Crippen molar-refractivity contribution in [3.05, 3.63) is 63.8 Å². The largest absolute Gasteiger partial charge is 0.490 e. The van der Waals surface area contributed by atoms with Gasteiger partial charge in [0.15, 0.2) is 18.1 Å². The number of fused-ring (bicyclic) bond motifs is 1. The molecule has 0 radical (unpaired) electrons. The Morgan fingerprint density at radius 2 is 2.00 bits per heavy atom. The summed E-state index contributed by atoms with van der Waals surface area (Å²) in [4.78, 5) is 26.6. The number of hydrogen-bond acceptors (Lipinski definition) is 5. The molecule has 2 aromatic carbocycles. The maximum absolute atomic E-state index is 12.6. The van der Waals surface area contributed by atoms with Crippen LogP contribution in [0.1, 0.15) is 18.1 Å². The third-order valence-electron chi connectivity index (χ3n) is 4.73. The maximum atomic E-state index is 12.6. The highest BCUT2D eigenvalue weighted by Crippen LogP contribution is 2.35. The van der Waals surface area contributed by atoms with Gasteiger partial charge in [-0.2, -0.15) is 5.26 Å². The number of hydrogen-bond donors (Lipinski definition) is 3. The summed E-state index contributed by atoms with van der Waals surface area (Å²) in [6.45, 7) is 1.95. The van der Waals surface area contributed by atoms with Crippen LogP contribution in [0.2, 0.25) is 0 Å². The van der Waals surface area contributed by atoms with Crippen molar-refractivity contribution in [1.29, 1.82) is 5.26 Å². The highest BCUT2D eigenvalue weighted by molar-refractivity contribution is 9.10. The Bertz CT molecular complexity index is 1240. The van der Waals surface area contributed by atoms with Crippen molar-refractivity contribution in [2.45, 2.75) is 13.3 Å². The van der Waals surface area contributed by atoms with E-state index >= 15 is 0 Å². The standard InChI is InChI=1S/C24H22BrN3O5/c1-2-32-21-10-16(19(25)11-22(21)33-14-23(29)30)9-17(12-26)24(31)27-8-7-15-13-28-20-6-4-3-5-18(15)20/h3-6,9-11,13,28H,2,7-8,14H2,1H3,(H,27,31)(H,29,30)/b17-9-. The maximum Gasteiger partial charge on any atom is 0.341 e. The number of H-pyrrole nitrogens is 1. The molecule has 9 heteroatoms. The van der Waals surface area contributed by atoms with Gasteiger partial charge < -0.3 is 24.9 Å². The number of nitriles is 1. The molecule has 0 bridgehead atoms. The van der Waals surface area contributed by atoms with Crippen LogP contribution in [0.4, 0.5) is 0 Å². The van der Waals surface area contributed by atoms with Crippen molar-refractivity contribution >= 4 is 44.8 Å². The number of carboxylic acid groups (broad SMARTS) is 1. The monoisotopic (exact) mass is 511 g/mol. The van der Waals surface area contributed by atoms with Crippen molar-refractivity contribution in [3.8, 4) is 17.6 Å². The van der Waals surface area contributed by atoms with Crippen LogP contribution in [0, 0.1) is 11.3 Å². The third kappa shape index (κ3) is 6.14. The Morgan fingerprint density at radius 3 is 2.73 bits per heavy atom. The van der Waals surface area contributed by atoms with Gasteiger partial charge >= 0.3 is 5.97 Å². The molecule has 0 unspecified atom stereocenters. The lowest BCUT2D eigenvalue weighted by molar-refractivity contribution is -0.139. The molecule has 1 amide bonds. The SMILES string of the molecule is CCOc1cc(/C=C(/C#N)C(=O)NCCc2c[nH]c3ccccc23)c(Br)cc1OCC(=O)O. The number of rotatable bonds is 10. The minimum atomic E-state index is -1.12. The third-order valence-corrected chi connectivity index (χ3v) is 5.42. The molecule has 3 rings (SSSR count). The number of amides is 1. The minimum absolute atomic E-state index is 0.0729. The first kappa shape index (κ1) is 23.9. The van der Waals surface area contributed by atoms with Crippen LogP contribution in [-0.4, -0.2) is 41.7 Å². The first-order valence-electron chi connectivity index (χ1n) is 10.2. The second-order valence-electron chi connectivity index (χ2n) is 6.97. The molecule has 0 spiro atoms. The van der Waals surface area contributed by atoms with Crippen molar-refractivity contribution in [2.24, 2.45) is 0 Å². The fourth-order valence-corrected chi connectivity index (χ4v) is 3.67. The van der Waals surface area contributed by atoms with Gasteiger partial charge in [0.2, 0.25) is 0 Å². The molecule has 0 saturated heterocycles. The number of ether oxygens (including phenoxy) is 2. The highest BCUT2D eigenvalue weighted by Gasteiger charge is 2.15. The summed E-state index contributed by atoms with van der Waals surface area (Å²) in [6, 6.07) is 13.0. The number of para-hydroxylation sites is 1. The number of nitrogens with one attached hydrogen (secondary N) is 2. The first-order chi connectivity index (χ1) is 15.9. The summed E-state index contributed by atoms with van der Waals surface area (Å²) in [5.41, 5.74) is 2.55. The highest BCUT2D eigenvalue weighted by atomic mass is 79.9. The average molecular weight is 512 g/mol. The Morgan fingerprint density at radius 1 is 1.24 bits per heavy atom. The number of carbonyl (C=O) groups excluding carboxylic acids is 1. The molecule has 0 saturated carbocycles. The molecule has 0 aliphatic rings. The summed E-state index contributed by atoms with van der Waals surface area (Å²) >= 11 is 3.38. The number of nitrogens with zero attached hydrogens (tertiary/aromatic N) is 1. The van der Waals surface area contributed by atoms with Crippen molar-refractivity contribution < 1.29 is 24.2 Å². The molecule has 0 atom stereocenters. The first-order valence-corrected chi connectivity index (χ1v) is 11.0. The van der Waals surface area contributed by atoms with Gasteiger partial charge in [0.25, 0.3) is 5.91 Å². The van der Waals surface area contributed by atoms with Crippen LogP contribution < -0.4 is 14.8 Å². The molecule has 1 heterocycles. The van der Waals surface area contributed by atoms with Crippen LogP contribution in [0.25, 0.3) is 17.0 Å². The van der Waals surface area contributed by atoms with Gasteiger partial charge in [-0.25, -0.2) is 4.79 Å². The topological polar surface area (TPSA) is 124 Å². The minimum Gasteiger partial charge on any atom is -0.490 e. The number of aromatic nitrogens is 1. The Labute approximate surface area is 198 Å². The van der Waals surface area contributed by atoms with Crippen LogP contribution in [0.3, 0.4) is 0 Å².